The summed E-state index contributed by atoms with van der Waals surface area (Å²) in [4.78, 5) is 9.97. The van der Waals surface area contributed by atoms with Gasteiger partial charge in [-0.25, -0.2) is 0 Å². The number of aldehydes is 1. The van der Waals surface area contributed by atoms with Crippen molar-refractivity contribution in [2.75, 3.05) is 28.4 Å². The molecule has 24 heavy (non-hydrogen) atoms. The van der Waals surface area contributed by atoms with Gasteiger partial charge in [-0.05, 0) is 24.1 Å². The minimum Gasteiger partial charge on any atom is -0.493 e. The lowest BCUT2D eigenvalue weighted by atomic mass is 10.1. The van der Waals surface area contributed by atoms with Gasteiger partial charge in [0.15, 0.2) is 11.5 Å². The van der Waals surface area contributed by atoms with Crippen LogP contribution in [0.2, 0.25) is 0 Å². The Morgan fingerprint density at radius 3 is 1.88 bits per heavy atom. The first-order chi connectivity index (χ1) is 11.6. The van der Waals surface area contributed by atoms with Gasteiger partial charge in [0.2, 0.25) is 11.5 Å². The first-order valence-electron chi connectivity index (χ1n) is 7.44. The van der Waals surface area contributed by atoms with Gasteiger partial charge in [-0.15, -0.1) is 0 Å². The summed E-state index contributed by atoms with van der Waals surface area (Å²) in [6.45, 7) is 1.92. The van der Waals surface area contributed by atoms with Crippen LogP contribution in [0.5, 0.6) is 23.0 Å². The average Bonchev–Trinajstić information content (AvgIpc) is 2.62. The van der Waals surface area contributed by atoms with Gasteiger partial charge >= 0.3 is 0 Å². The van der Waals surface area contributed by atoms with E-state index in [9.17, 15) is 4.79 Å². The van der Waals surface area contributed by atoms with Crippen LogP contribution in [0.4, 0.5) is 0 Å². The minimum absolute atomic E-state index is 0.529. The Balaban J connectivity index is 0.000000272. The summed E-state index contributed by atoms with van der Waals surface area (Å²) in [6.07, 6.45) is 1.44. The molecule has 130 valence electrons. The lowest BCUT2D eigenvalue weighted by Crippen LogP contribution is -1.99. The molecule has 0 aliphatic carbocycles. The van der Waals surface area contributed by atoms with E-state index in [1.54, 1.807) is 28.4 Å². The molecule has 5 nitrogen and oxygen atoms in total. The molecule has 0 aromatic heterocycles. The molecule has 0 radical (unpaired) electrons. The second-order valence-electron chi connectivity index (χ2n) is 4.85. The zero-order valence-electron chi connectivity index (χ0n) is 14.8. The van der Waals surface area contributed by atoms with E-state index in [1.165, 1.54) is 0 Å². The van der Waals surface area contributed by atoms with Crippen molar-refractivity contribution >= 4 is 6.29 Å². The van der Waals surface area contributed by atoms with Crippen molar-refractivity contribution in [1.82, 2.24) is 0 Å². The molecule has 0 heterocycles. The van der Waals surface area contributed by atoms with Crippen LogP contribution in [0, 0.1) is 6.92 Å². The molecule has 0 fully saturated rings. The molecule has 2 rings (SSSR count). The van der Waals surface area contributed by atoms with Crippen molar-refractivity contribution in [2.45, 2.75) is 13.3 Å². The van der Waals surface area contributed by atoms with Crippen LogP contribution in [-0.4, -0.2) is 34.7 Å². The molecular formula is C19H24O5. The van der Waals surface area contributed by atoms with Crippen molar-refractivity contribution in [2.24, 2.45) is 0 Å². The first-order valence-corrected chi connectivity index (χ1v) is 7.44. The maximum atomic E-state index is 9.97. The minimum atomic E-state index is 0.529. The number of hydrogen-bond acceptors (Lipinski definition) is 5. The quantitative estimate of drug-likeness (QED) is 0.758. The van der Waals surface area contributed by atoms with Gasteiger partial charge in [-0.1, -0.05) is 30.3 Å². The Kier molecular flexibility index (Phi) is 8.19. The van der Waals surface area contributed by atoms with Gasteiger partial charge < -0.3 is 23.7 Å². The van der Waals surface area contributed by atoms with E-state index >= 15 is 0 Å². The molecule has 0 unspecified atom stereocenters. The average molecular weight is 332 g/mol. The van der Waals surface area contributed by atoms with E-state index < -0.39 is 0 Å². The highest BCUT2D eigenvalue weighted by Gasteiger charge is 2.19. The lowest BCUT2D eigenvalue weighted by molar-refractivity contribution is -0.107. The fourth-order valence-corrected chi connectivity index (χ4v) is 2.22. The standard InChI is InChI=1S/C11H16O4.C8H8O/c1-7-6-8(12-2)10(14-4)11(15-5)9(7)13-3;9-7-6-8-4-2-1-3-5-8/h6H,1-5H3;1-5,7H,6H2. The third-order valence-corrected chi connectivity index (χ3v) is 3.34. The summed E-state index contributed by atoms with van der Waals surface area (Å²) in [6, 6.07) is 11.5. The Hall–Kier alpha value is -2.69. The molecule has 0 spiro atoms. The third kappa shape index (κ3) is 4.91. The van der Waals surface area contributed by atoms with Gasteiger partial charge in [0, 0.05) is 6.42 Å². The largest absolute Gasteiger partial charge is 0.493 e. The number of aryl methyl sites for hydroxylation is 1. The number of rotatable bonds is 6. The molecule has 0 aliphatic rings. The summed E-state index contributed by atoms with van der Waals surface area (Å²) in [5.74, 6) is 2.39. The van der Waals surface area contributed by atoms with Crippen LogP contribution >= 0.6 is 0 Å². The second kappa shape index (κ2) is 10.2. The predicted octanol–water partition coefficient (Wildman–Crippen LogP) is 3.46. The van der Waals surface area contributed by atoms with Gasteiger partial charge in [0.1, 0.15) is 6.29 Å². The number of hydrogen-bond donors (Lipinski definition) is 0. The number of benzene rings is 2. The summed E-state index contributed by atoms with van der Waals surface area (Å²) in [7, 11) is 6.31. The Labute approximate surface area is 143 Å². The van der Waals surface area contributed by atoms with Crippen molar-refractivity contribution in [3.63, 3.8) is 0 Å². The zero-order chi connectivity index (χ0) is 17.9. The van der Waals surface area contributed by atoms with E-state index in [4.69, 9.17) is 18.9 Å². The fourth-order valence-electron chi connectivity index (χ4n) is 2.22. The Morgan fingerprint density at radius 2 is 1.42 bits per heavy atom. The van der Waals surface area contributed by atoms with E-state index in [0.29, 0.717) is 29.4 Å². The maximum Gasteiger partial charge on any atom is 0.207 e. The summed E-state index contributed by atoms with van der Waals surface area (Å²) < 4.78 is 20.9. The molecule has 0 bridgehead atoms. The molecule has 0 aliphatic heterocycles. The number of carbonyl (C=O) groups excluding carboxylic acids is 1. The first kappa shape index (κ1) is 19.4. The molecule has 0 atom stereocenters. The highest BCUT2D eigenvalue weighted by atomic mass is 16.5. The molecule has 5 heteroatoms. The number of carbonyl (C=O) groups is 1. The summed E-state index contributed by atoms with van der Waals surface area (Å²) in [5, 5.41) is 0. The fraction of sp³-hybridized carbons (Fsp3) is 0.316. The SMILES string of the molecule is COc1cc(C)c(OC)c(OC)c1OC.O=CCc1ccccc1. The summed E-state index contributed by atoms with van der Waals surface area (Å²) in [5.41, 5.74) is 2.01. The van der Waals surface area contributed by atoms with Crippen LogP contribution in [0.25, 0.3) is 0 Å². The number of methoxy groups -OCH3 is 4. The molecular weight excluding hydrogens is 308 g/mol. The van der Waals surface area contributed by atoms with Gasteiger partial charge in [0.25, 0.3) is 0 Å². The normalized spacial score (nSPS) is 9.38. The predicted molar refractivity (Wildman–Crippen MR) is 93.6 cm³/mol. The molecule has 0 saturated heterocycles. The number of ether oxygens (including phenoxy) is 4. The van der Waals surface area contributed by atoms with E-state index in [-0.39, 0.29) is 0 Å². The van der Waals surface area contributed by atoms with Crippen LogP contribution < -0.4 is 18.9 Å². The van der Waals surface area contributed by atoms with Crippen LogP contribution in [-0.2, 0) is 11.2 Å². The van der Waals surface area contributed by atoms with Crippen molar-refractivity contribution < 1.29 is 23.7 Å². The van der Waals surface area contributed by atoms with Crippen LogP contribution in [0.1, 0.15) is 11.1 Å². The molecule has 0 saturated carbocycles. The Morgan fingerprint density at radius 1 is 0.833 bits per heavy atom. The molecule has 0 amide bonds. The smallest absolute Gasteiger partial charge is 0.207 e. The Bertz CT molecular complexity index is 638. The molecule has 2 aromatic carbocycles. The maximum absolute atomic E-state index is 9.97. The van der Waals surface area contributed by atoms with E-state index in [1.807, 2.05) is 43.3 Å². The topological polar surface area (TPSA) is 54.0 Å². The second-order valence-corrected chi connectivity index (χ2v) is 4.85. The van der Waals surface area contributed by atoms with E-state index in [0.717, 1.165) is 17.4 Å². The highest BCUT2D eigenvalue weighted by Crippen LogP contribution is 2.46. The monoisotopic (exact) mass is 332 g/mol. The van der Waals surface area contributed by atoms with Crippen molar-refractivity contribution in [3.05, 3.63) is 47.5 Å². The lowest BCUT2D eigenvalue weighted by Gasteiger charge is -2.16. The third-order valence-electron chi connectivity index (χ3n) is 3.34. The van der Waals surface area contributed by atoms with Crippen molar-refractivity contribution in [1.29, 1.82) is 0 Å². The zero-order valence-corrected chi connectivity index (χ0v) is 14.8. The van der Waals surface area contributed by atoms with Crippen molar-refractivity contribution in [3.8, 4) is 23.0 Å². The molecule has 2 aromatic rings. The molecule has 0 N–H and O–H groups in total. The van der Waals surface area contributed by atoms with Gasteiger partial charge in [-0.3, -0.25) is 0 Å². The highest BCUT2D eigenvalue weighted by molar-refractivity contribution is 5.62. The van der Waals surface area contributed by atoms with Gasteiger partial charge in [0.05, 0.1) is 28.4 Å². The van der Waals surface area contributed by atoms with E-state index in [2.05, 4.69) is 0 Å². The van der Waals surface area contributed by atoms with Gasteiger partial charge in [-0.2, -0.15) is 0 Å². The van der Waals surface area contributed by atoms with Crippen LogP contribution in [0.15, 0.2) is 36.4 Å². The van der Waals surface area contributed by atoms with Crippen LogP contribution in [0.3, 0.4) is 0 Å². The summed E-state index contributed by atoms with van der Waals surface area (Å²) >= 11 is 0.